The van der Waals surface area contributed by atoms with Crippen molar-refractivity contribution >= 4 is 0 Å². The lowest BCUT2D eigenvalue weighted by Crippen LogP contribution is -2.48. The average Bonchev–Trinajstić information content (AvgIpc) is 2.40. The molecule has 1 atom stereocenters. The van der Waals surface area contributed by atoms with Crippen LogP contribution in [0.15, 0.2) is 0 Å². The fourth-order valence-electron chi connectivity index (χ4n) is 3.50. The van der Waals surface area contributed by atoms with Crippen molar-refractivity contribution in [2.24, 2.45) is 11.7 Å². The van der Waals surface area contributed by atoms with E-state index in [2.05, 4.69) is 16.7 Å². The molecule has 2 fully saturated rings. The van der Waals surface area contributed by atoms with Crippen LogP contribution < -0.4 is 5.73 Å². The topological polar surface area (TPSA) is 32.5 Å². The Morgan fingerprint density at radius 2 is 1.88 bits per heavy atom. The van der Waals surface area contributed by atoms with E-state index in [-0.39, 0.29) is 0 Å². The van der Waals surface area contributed by atoms with E-state index in [4.69, 9.17) is 5.73 Å². The summed E-state index contributed by atoms with van der Waals surface area (Å²) in [5.41, 5.74) is 5.69. The maximum absolute atomic E-state index is 5.69. The third-order valence-corrected chi connectivity index (χ3v) is 4.65. The van der Waals surface area contributed by atoms with Crippen molar-refractivity contribution in [3.8, 4) is 0 Å². The van der Waals surface area contributed by atoms with Gasteiger partial charge >= 0.3 is 0 Å². The van der Waals surface area contributed by atoms with E-state index < -0.39 is 0 Å². The molecule has 0 bridgehead atoms. The number of nitrogens with two attached hydrogens (primary N) is 1. The van der Waals surface area contributed by atoms with Gasteiger partial charge in [-0.2, -0.15) is 0 Å². The second-order valence-electron chi connectivity index (χ2n) is 5.75. The zero-order chi connectivity index (χ0) is 12.1. The first-order chi connectivity index (χ1) is 8.33. The molecule has 17 heavy (non-hydrogen) atoms. The summed E-state index contributed by atoms with van der Waals surface area (Å²) < 4.78 is 0. The standard InChI is InChI=1S/C14H29N3/c1-2-16-10-6-14(7-11-16)17-9-3-4-13(12-17)5-8-15/h13-14H,2-12,15H2,1H3. The fraction of sp³-hybridized carbons (Fsp3) is 1.00. The minimum absolute atomic E-state index is 0.860. The quantitative estimate of drug-likeness (QED) is 0.807. The van der Waals surface area contributed by atoms with Crippen LogP contribution in [0.1, 0.15) is 39.0 Å². The highest BCUT2D eigenvalue weighted by atomic mass is 15.2. The molecule has 0 aromatic rings. The van der Waals surface area contributed by atoms with Gasteiger partial charge in [0.25, 0.3) is 0 Å². The fourth-order valence-corrected chi connectivity index (χ4v) is 3.50. The maximum atomic E-state index is 5.69. The molecule has 3 heteroatoms. The molecule has 2 aliphatic heterocycles. The van der Waals surface area contributed by atoms with Gasteiger partial charge in [-0.15, -0.1) is 0 Å². The molecule has 0 aliphatic carbocycles. The summed E-state index contributed by atoms with van der Waals surface area (Å²) in [7, 11) is 0. The van der Waals surface area contributed by atoms with E-state index in [9.17, 15) is 0 Å². The first-order valence-electron chi connectivity index (χ1n) is 7.50. The SMILES string of the molecule is CCN1CCC(N2CCCC(CCN)C2)CC1. The molecule has 0 aromatic heterocycles. The molecule has 0 aromatic carbocycles. The molecule has 0 radical (unpaired) electrons. The molecule has 1 unspecified atom stereocenters. The van der Waals surface area contributed by atoms with Crippen LogP contribution in [-0.4, -0.2) is 55.1 Å². The first kappa shape index (κ1) is 13.3. The molecule has 0 spiro atoms. The minimum atomic E-state index is 0.860. The molecular formula is C14H29N3. The van der Waals surface area contributed by atoms with Gasteiger partial charge in [0.15, 0.2) is 0 Å². The molecule has 3 nitrogen and oxygen atoms in total. The summed E-state index contributed by atoms with van der Waals surface area (Å²) in [4.78, 5) is 5.34. The Morgan fingerprint density at radius 1 is 1.12 bits per heavy atom. The lowest BCUT2D eigenvalue weighted by Gasteiger charge is -2.42. The van der Waals surface area contributed by atoms with Crippen LogP contribution in [0.5, 0.6) is 0 Å². The van der Waals surface area contributed by atoms with E-state index in [1.807, 2.05) is 0 Å². The van der Waals surface area contributed by atoms with Gasteiger partial charge in [0, 0.05) is 12.6 Å². The summed E-state index contributed by atoms with van der Waals surface area (Å²) in [6.07, 6.45) is 6.77. The average molecular weight is 239 g/mol. The number of piperidine rings is 2. The Labute approximate surface area is 106 Å². The van der Waals surface area contributed by atoms with Crippen LogP contribution in [0.3, 0.4) is 0 Å². The first-order valence-corrected chi connectivity index (χ1v) is 7.50. The van der Waals surface area contributed by atoms with Gasteiger partial charge < -0.3 is 15.5 Å². The predicted molar refractivity (Wildman–Crippen MR) is 73.1 cm³/mol. The Hall–Kier alpha value is -0.120. The monoisotopic (exact) mass is 239 g/mol. The summed E-state index contributed by atoms with van der Waals surface area (Å²) in [5.74, 6) is 0.873. The zero-order valence-electron chi connectivity index (χ0n) is 11.4. The van der Waals surface area contributed by atoms with Gasteiger partial charge in [0.2, 0.25) is 0 Å². The predicted octanol–water partition coefficient (Wildman–Crippen LogP) is 1.53. The summed E-state index contributed by atoms with van der Waals surface area (Å²) >= 11 is 0. The Morgan fingerprint density at radius 3 is 2.53 bits per heavy atom. The third-order valence-electron chi connectivity index (χ3n) is 4.65. The van der Waals surface area contributed by atoms with Crippen LogP contribution in [0, 0.1) is 5.92 Å². The summed E-state index contributed by atoms with van der Waals surface area (Å²) in [5, 5.41) is 0. The van der Waals surface area contributed by atoms with Crippen molar-refractivity contribution in [1.82, 2.24) is 9.80 Å². The highest BCUT2D eigenvalue weighted by Crippen LogP contribution is 2.25. The smallest absolute Gasteiger partial charge is 0.0120 e. The van der Waals surface area contributed by atoms with Crippen LogP contribution in [0.25, 0.3) is 0 Å². The van der Waals surface area contributed by atoms with Crippen LogP contribution in [0.2, 0.25) is 0 Å². The van der Waals surface area contributed by atoms with Crippen molar-refractivity contribution < 1.29 is 0 Å². The normalized spacial score (nSPS) is 29.6. The molecule has 0 saturated carbocycles. The van der Waals surface area contributed by atoms with Gasteiger partial charge in [0.05, 0.1) is 0 Å². The van der Waals surface area contributed by atoms with E-state index in [1.54, 1.807) is 0 Å². The number of likely N-dealkylation sites (tertiary alicyclic amines) is 2. The molecule has 2 rings (SSSR count). The molecular weight excluding hydrogens is 210 g/mol. The van der Waals surface area contributed by atoms with Crippen molar-refractivity contribution in [2.45, 2.75) is 45.1 Å². The second-order valence-corrected chi connectivity index (χ2v) is 5.75. The van der Waals surface area contributed by atoms with E-state index in [0.29, 0.717) is 0 Å². The van der Waals surface area contributed by atoms with Gasteiger partial charge in [-0.1, -0.05) is 6.92 Å². The van der Waals surface area contributed by atoms with Gasteiger partial charge in [-0.05, 0) is 70.7 Å². The maximum Gasteiger partial charge on any atom is 0.0120 e. The van der Waals surface area contributed by atoms with Crippen molar-refractivity contribution in [3.05, 3.63) is 0 Å². The minimum Gasteiger partial charge on any atom is -0.330 e. The number of hydrogen-bond acceptors (Lipinski definition) is 3. The molecule has 2 aliphatic rings. The summed E-state index contributed by atoms with van der Waals surface area (Å²) in [6, 6.07) is 0.860. The lowest BCUT2D eigenvalue weighted by atomic mass is 9.92. The molecule has 2 saturated heterocycles. The highest BCUT2D eigenvalue weighted by molar-refractivity contribution is 4.83. The number of nitrogens with zero attached hydrogens (tertiary/aromatic N) is 2. The largest absolute Gasteiger partial charge is 0.330 e. The number of rotatable bonds is 4. The Kier molecular flexibility index (Phi) is 5.26. The van der Waals surface area contributed by atoms with E-state index in [1.165, 1.54) is 64.8 Å². The number of hydrogen-bond donors (Lipinski definition) is 1. The van der Waals surface area contributed by atoms with Gasteiger partial charge in [0.1, 0.15) is 0 Å². The van der Waals surface area contributed by atoms with Crippen molar-refractivity contribution in [2.75, 3.05) is 39.3 Å². The lowest BCUT2D eigenvalue weighted by molar-refractivity contribution is 0.0717. The van der Waals surface area contributed by atoms with Crippen LogP contribution >= 0.6 is 0 Å². The highest BCUT2D eigenvalue weighted by Gasteiger charge is 2.27. The zero-order valence-corrected chi connectivity index (χ0v) is 11.4. The van der Waals surface area contributed by atoms with Crippen molar-refractivity contribution in [1.29, 1.82) is 0 Å². The summed E-state index contributed by atoms with van der Waals surface area (Å²) in [6.45, 7) is 9.62. The van der Waals surface area contributed by atoms with E-state index in [0.717, 1.165) is 18.5 Å². The third kappa shape index (κ3) is 3.67. The molecule has 100 valence electrons. The van der Waals surface area contributed by atoms with Gasteiger partial charge in [-0.25, -0.2) is 0 Å². The Balaban J connectivity index is 1.77. The van der Waals surface area contributed by atoms with Gasteiger partial charge in [-0.3, -0.25) is 0 Å². The Bertz CT molecular complexity index is 210. The molecule has 0 amide bonds. The van der Waals surface area contributed by atoms with Crippen LogP contribution in [-0.2, 0) is 0 Å². The second kappa shape index (κ2) is 6.72. The molecule has 2 N–H and O–H groups in total. The van der Waals surface area contributed by atoms with E-state index >= 15 is 0 Å². The van der Waals surface area contributed by atoms with Crippen molar-refractivity contribution in [3.63, 3.8) is 0 Å². The van der Waals surface area contributed by atoms with Crippen LogP contribution in [0.4, 0.5) is 0 Å². The molecule has 2 heterocycles.